The molecule has 0 fully saturated rings. The lowest BCUT2D eigenvalue weighted by Gasteiger charge is -2.25. The molecule has 0 spiro atoms. The van der Waals surface area contributed by atoms with Crippen LogP contribution in [0, 0.1) is 0 Å². The van der Waals surface area contributed by atoms with E-state index in [-0.39, 0.29) is 25.9 Å². The van der Waals surface area contributed by atoms with Gasteiger partial charge < -0.3 is 24.8 Å². The lowest BCUT2D eigenvalue weighted by Crippen LogP contribution is -2.47. The molecule has 0 aromatic rings. The molecule has 0 radical (unpaired) electrons. The largest absolute Gasteiger partial charge is 0.459 e. The number of alkyl carbamates (subject to hydrolysis) is 2. The number of amides is 3. The molecule has 0 aliphatic carbocycles. The van der Waals surface area contributed by atoms with Gasteiger partial charge in [0.25, 0.3) is 0 Å². The van der Waals surface area contributed by atoms with Gasteiger partial charge in [0.1, 0.15) is 23.3 Å². The quantitative estimate of drug-likeness (QED) is 0.263. The van der Waals surface area contributed by atoms with Crippen LogP contribution >= 0.6 is 0 Å². The van der Waals surface area contributed by atoms with Gasteiger partial charge in [0.05, 0.1) is 0 Å². The third-order valence-electron chi connectivity index (χ3n) is 3.42. The van der Waals surface area contributed by atoms with Gasteiger partial charge in [0.2, 0.25) is 5.91 Å². The highest BCUT2D eigenvalue weighted by Gasteiger charge is 2.23. The van der Waals surface area contributed by atoms with Crippen LogP contribution in [0.5, 0.6) is 0 Å². The lowest BCUT2D eigenvalue weighted by molar-refractivity contribution is -0.156. The Labute approximate surface area is 197 Å². The molecule has 1 atom stereocenters. The molecule has 33 heavy (non-hydrogen) atoms. The van der Waals surface area contributed by atoms with Crippen LogP contribution in [0.3, 0.4) is 0 Å². The first-order valence-electron chi connectivity index (χ1n) is 10.9. The highest BCUT2D eigenvalue weighted by molar-refractivity contribution is 5.78. The Hall–Kier alpha value is -2.56. The number of hydrogen-bond donors (Lipinski definition) is 3. The summed E-state index contributed by atoms with van der Waals surface area (Å²) in [5.41, 5.74) is 0.584. The molecular formula is C22H42N4O7. The fraction of sp³-hybridized carbons (Fsp3) is 0.818. The fourth-order valence-electron chi connectivity index (χ4n) is 2.45. The number of esters is 1. The zero-order chi connectivity index (χ0) is 26.0. The number of carbonyl (C=O) groups excluding carboxylic acids is 4. The minimum Gasteiger partial charge on any atom is -0.459 e. The van der Waals surface area contributed by atoms with Crippen molar-refractivity contribution in [1.29, 1.82) is 0 Å². The molecule has 0 bridgehead atoms. The van der Waals surface area contributed by atoms with Gasteiger partial charge in [-0.1, -0.05) is 0 Å². The average Bonchev–Trinajstić information content (AvgIpc) is 2.48. The maximum absolute atomic E-state index is 12.5. The second-order valence-electron chi connectivity index (χ2n) is 10.7. The monoisotopic (exact) mass is 474 g/mol. The molecule has 0 aromatic heterocycles. The van der Waals surface area contributed by atoms with Crippen LogP contribution in [-0.4, -0.2) is 72.1 Å². The third-order valence-corrected chi connectivity index (χ3v) is 3.42. The number of rotatable bonds is 9. The van der Waals surface area contributed by atoms with Crippen LogP contribution in [0.25, 0.3) is 0 Å². The van der Waals surface area contributed by atoms with Crippen LogP contribution in [0.2, 0.25) is 0 Å². The van der Waals surface area contributed by atoms with Crippen LogP contribution < -0.4 is 16.1 Å². The predicted octanol–water partition coefficient (Wildman–Crippen LogP) is 2.49. The number of carbonyl (C=O) groups is 4. The minimum absolute atomic E-state index is 0.103. The van der Waals surface area contributed by atoms with Crippen LogP contribution in [-0.2, 0) is 23.8 Å². The Morgan fingerprint density at radius 3 is 1.76 bits per heavy atom. The summed E-state index contributed by atoms with van der Waals surface area (Å²) in [6.07, 6.45) is -1.13. The van der Waals surface area contributed by atoms with E-state index >= 15 is 0 Å². The number of hydrazine groups is 1. The molecular weight excluding hydrogens is 432 g/mol. The van der Waals surface area contributed by atoms with Crippen molar-refractivity contribution in [2.75, 3.05) is 20.1 Å². The highest BCUT2D eigenvalue weighted by atomic mass is 16.6. The van der Waals surface area contributed by atoms with Gasteiger partial charge in [-0.15, -0.1) is 0 Å². The molecule has 0 saturated carbocycles. The molecule has 0 unspecified atom stereocenters. The van der Waals surface area contributed by atoms with E-state index in [9.17, 15) is 19.2 Å². The first-order chi connectivity index (χ1) is 14.8. The molecule has 0 aliphatic heterocycles. The minimum atomic E-state index is -0.709. The summed E-state index contributed by atoms with van der Waals surface area (Å²) in [5, 5.41) is 6.55. The van der Waals surface area contributed by atoms with Crippen LogP contribution in [0.1, 0.15) is 75.2 Å². The first-order valence-corrected chi connectivity index (χ1v) is 10.9. The van der Waals surface area contributed by atoms with E-state index in [1.807, 2.05) is 0 Å². The summed E-state index contributed by atoms with van der Waals surface area (Å²) in [6, 6.07) is -0.635. The molecule has 3 amide bonds. The number of ether oxygens (including phenoxy) is 3. The molecule has 0 aliphatic rings. The smallest absolute Gasteiger partial charge is 0.407 e. The maximum Gasteiger partial charge on any atom is 0.407 e. The van der Waals surface area contributed by atoms with Crippen molar-refractivity contribution < 1.29 is 33.4 Å². The van der Waals surface area contributed by atoms with Gasteiger partial charge in [-0.3, -0.25) is 15.0 Å². The Morgan fingerprint density at radius 1 is 0.788 bits per heavy atom. The van der Waals surface area contributed by atoms with Gasteiger partial charge in [-0.05, 0) is 68.7 Å². The van der Waals surface area contributed by atoms with E-state index in [0.29, 0.717) is 0 Å². The summed E-state index contributed by atoms with van der Waals surface area (Å²) in [5.74, 6) is -0.922. The Bertz CT molecular complexity index is 676. The Balaban J connectivity index is 4.88. The van der Waals surface area contributed by atoms with Gasteiger partial charge >= 0.3 is 18.2 Å². The van der Waals surface area contributed by atoms with Crippen LogP contribution in [0.4, 0.5) is 9.59 Å². The van der Waals surface area contributed by atoms with Gasteiger partial charge in [0, 0.05) is 26.1 Å². The summed E-state index contributed by atoms with van der Waals surface area (Å²) < 4.78 is 15.7. The average molecular weight is 475 g/mol. The third kappa shape index (κ3) is 18.7. The molecule has 11 heteroatoms. The molecule has 0 saturated heterocycles. The predicted molar refractivity (Wildman–Crippen MR) is 123 cm³/mol. The molecule has 11 nitrogen and oxygen atoms in total. The maximum atomic E-state index is 12.5. The van der Waals surface area contributed by atoms with Crippen molar-refractivity contribution in [2.45, 2.75) is 98.0 Å². The zero-order valence-electron chi connectivity index (χ0n) is 21.7. The summed E-state index contributed by atoms with van der Waals surface area (Å²) >= 11 is 0. The van der Waals surface area contributed by atoms with Gasteiger partial charge in [0.15, 0.2) is 0 Å². The number of likely N-dealkylation sites (N-methyl/N-ethyl adjacent to an activating group) is 1. The van der Waals surface area contributed by atoms with E-state index in [2.05, 4.69) is 16.1 Å². The zero-order valence-corrected chi connectivity index (χ0v) is 21.7. The molecule has 0 rings (SSSR count). The van der Waals surface area contributed by atoms with Gasteiger partial charge in [-0.25, -0.2) is 14.6 Å². The van der Waals surface area contributed by atoms with E-state index in [1.54, 1.807) is 62.3 Å². The lowest BCUT2D eigenvalue weighted by atomic mass is 10.1. The Morgan fingerprint density at radius 2 is 1.27 bits per heavy atom. The van der Waals surface area contributed by atoms with Crippen molar-refractivity contribution in [2.24, 2.45) is 0 Å². The van der Waals surface area contributed by atoms with E-state index in [4.69, 9.17) is 14.2 Å². The van der Waals surface area contributed by atoms with Crippen molar-refractivity contribution in [3.05, 3.63) is 0 Å². The van der Waals surface area contributed by atoms with E-state index in [1.165, 1.54) is 12.1 Å². The summed E-state index contributed by atoms with van der Waals surface area (Å²) in [4.78, 5) is 48.4. The normalized spacial score (nSPS) is 13.1. The van der Waals surface area contributed by atoms with Crippen molar-refractivity contribution >= 4 is 24.1 Å². The second-order valence-corrected chi connectivity index (χ2v) is 10.7. The Kier molecular flexibility index (Phi) is 11.6. The summed E-state index contributed by atoms with van der Waals surface area (Å²) in [7, 11) is 1.53. The van der Waals surface area contributed by atoms with Gasteiger partial charge in [-0.2, -0.15) is 0 Å². The topological polar surface area (TPSA) is 135 Å². The van der Waals surface area contributed by atoms with Crippen molar-refractivity contribution in [1.82, 2.24) is 21.1 Å². The molecule has 0 aromatic carbocycles. The SMILES string of the molecule is CN(CC(=O)OC(C)(C)C)NC(=O)C[C@H](CCNC(=O)OC(C)(C)C)NC(=O)OC(C)(C)C. The standard InChI is InChI=1S/C22H42N4O7/c1-20(2,3)31-17(28)14-26(10)25-16(27)13-15(24-19(30)33-22(7,8)9)11-12-23-18(29)32-21(4,5)6/h15H,11-14H2,1-10H3,(H,23,29)(H,24,30)(H,25,27)/t15-/m0/s1. The van der Waals surface area contributed by atoms with Crippen molar-refractivity contribution in [3.63, 3.8) is 0 Å². The van der Waals surface area contributed by atoms with E-state index in [0.717, 1.165) is 0 Å². The number of nitrogens with zero attached hydrogens (tertiary/aromatic N) is 1. The fourth-order valence-corrected chi connectivity index (χ4v) is 2.45. The number of nitrogens with one attached hydrogen (secondary N) is 3. The highest BCUT2D eigenvalue weighted by Crippen LogP contribution is 2.10. The molecule has 3 N–H and O–H groups in total. The van der Waals surface area contributed by atoms with Crippen molar-refractivity contribution in [3.8, 4) is 0 Å². The first kappa shape index (κ1) is 30.4. The van der Waals surface area contributed by atoms with E-state index < -0.39 is 46.9 Å². The number of hydrogen-bond acceptors (Lipinski definition) is 8. The molecule has 192 valence electrons. The molecule has 0 heterocycles. The second kappa shape index (κ2) is 12.6. The van der Waals surface area contributed by atoms with Crippen LogP contribution in [0.15, 0.2) is 0 Å². The summed E-state index contributed by atoms with van der Waals surface area (Å²) in [6.45, 7) is 15.7.